The van der Waals surface area contributed by atoms with Gasteiger partial charge in [-0.25, -0.2) is 13.4 Å². The average Bonchev–Trinajstić information content (AvgIpc) is 3.39. The van der Waals surface area contributed by atoms with Crippen LogP contribution in [0.2, 0.25) is 0 Å². The van der Waals surface area contributed by atoms with Crippen LogP contribution < -0.4 is 0 Å². The Morgan fingerprint density at radius 1 is 1.25 bits per heavy atom. The highest BCUT2D eigenvalue weighted by molar-refractivity contribution is 7.91. The summed E-state index contributed by atoms with van der Waals surface area (Å²) in [6.07, 6.45) is 0.751. The van der Waals surface area contributed by atoms with Crippen LogP contribution in [0.1, 0.15) is 26.0 Å². The largest absolute Gasteiger partial charge is 0.337 e. The molecule has 0 N–H and O–H groups in total. The van der Waals surface area contributed by atoms with Crippen LogP contribution in [-0.4, -0.2) is 72.8 Å². The lowest BCUT2D eigenvalue weighted by Crippen LogP contribution is -2.46. The van der Waals surface area contributed by atoms with Gasteiger partial charge >= 0.3 is 0 Å². The molecule has 1 aliphatic rings. The number of aromatic nitrogens is 1. The molecule has 3 rings (SSSR count). The topological polar surface area (TPSA) is 70.6 Å². The SMILES string of the molecule is CCN(CC)CCN(C(=O)Cc1csc(-c2cccs2)n1)C1CCS(=O)(=O)C1. The van der Waals surface area contributed by atoms with E-state index < -0.39 is 9.84 Å². The van der Waals surface area contributed by atoms with Gasteiger partial charge in [0, 0.05) is 24.5 Å². The summed E-state index contributed by atoms with van der Waals surface area (Å²) in [6, 6.07) is 3.79. The van der Waals surface area contributed by atoms with Crippen molar-refractivity contribution in [1.29, 1.82) is 0 Å². The molecule has 1 fully saturated rings. The lowest BCUT2D eigenvalue weighted by atomic mass is 10.2. The van der Waals surface area contributed by atoms with Crippen molar-refractivity contribution in [2.24, 2.45) is 0 Å². The van der Waals surface area contributed by atoms with E-state index in [1.807, 2.05) is 22.9 Å². The number of hydrogen-bond donors (Lipinski definition) is 0. The fourth-order valence-electron chi connectivity index (χ4n) is 3.48. The molecule has 154 valence electrons. The highest BCUT2D eigenvalue weighted by Gasteiger charge is 2.34. The number of carbonyl (C=O) groups excluding carboxylic acids is 1. The van der Waals surface area contributed by atoms with Crippen LogP contribution in [0.5, 0.6) is 0 Å². The first-order valence-corrected chi connectivity index (χ1v) is 13.2. The number of carbonyl (C=O) groups is 1. The average molecular weight is 442 g/mol. The van der Waals surface area contributed by atoms with E-state index >= 15 is 0 Å². The fourth-order valence-corrected chi connectivity index (χ4v) is 6.84. The minimum Gasteiger partial charge on any atom is -0.337 e. The van der Waals surface area contributed by atoms with Crippen LogP contribution in [0.4, 0.5) is 0 Å². The quantitative estimate of drug-likeness (QED) is 0.598. The van der Waals surface area contributed by atoms with Crippen molar-refractivity contribution in [3.63, 3.8) is 0 Å². The molecular weight excluding hydrogens is 414 g/mol. The monoisotopic (exact) mass is 441 g/mol. The molecule has 0 radical (unpaired) electrons. The summed E-state index contributed by atoms with van der Waals surface area (Å²) >= 11 is 3.17. The summed E-state index contributed by atoms with van der Waals surface area (Å²) in [7, 11) is -3.04. The zero-order chi connectivity index (χ0) is 20.1. The zero-order valence-corrected chi connectivity index (χ0v) is 18.8. The van der Waals surface area contributed by atoms with Gasteiger partial charge in [0.15, 0.2) is 9.84 Å². The maximum atomic E-state index is 13.1. The second-order valence-corrected chi connectivity index (χ2v) is 11.0. The molecule has 0 aromatic carbocycles. The van der Waals surface area contributed by atoms with Gasteiger partial charge in [-0.15, -0.1) is 22.7 Å². The Morgan fingerprint density at radius 3 is 2.64 bits per heavy atom. The van der Waals surface area contributed by atoms with Crippen LogP contribution in [0.3, 0.4) is 0 Å². The molecule has 0 bridgehead atoms. The molecule has 9 heteroatoms. The summed E-state index contributed by atoms with van der Waals surface area (Å²) in [5, 5.41) is 4.87. The van der Waals surface area contributed by atoms with Crippen molar-refractivity contribution >= 4 is 38.4 Å². The first kappa shape index (κ1) is 21.4. The molecule has 0 aliphatic carbocycles. The Morgan fingerprint density at radius 2 is 2.04 bits per heavy atom. The van der Waals surface area contributed by atoms with Gasteiger partial charge in [0.25, 0.3) is 0 Å². The van der Waals surface area contributed by atoms with E-state index in [0.717, 1.165) is 35.2 Å². The molecule has 0 spiro atoms. The third-order valence-corrected chi connectivity index (χ3v) is 8.82. The van der Waals surface area contributed by atoms with Gasteiger partial charge in [-0.1, -0.05) is 19.9 Å². The van der Waals surface area contributed by atoms with E-state index in [-0.39, 0.29) is 29.9 Å². The van der Waals surface area contributed by atoms with E-state index in [1.54, 1.807) is 27.6 Å². The maximum Gasteiger partial charge on any atom is 0.228 e. The Balaban J connectivity index is 1.70. The van der Waals surface area contributed by atoms with Crippen LogP contribution >= 0.6 is 22.7 Å². The van der Waals surface area contributed by atoms with Gasteiger partial charge in [0.1, 0.15) is 5.01 Å². The number of thiophene rings is 1. The lowest BCUT2D eigenvalue weighted by molar-refractivity contribution is -0.132. The van der Waals surface area contributed by atoms with Crippen molar-refractivity contribution in [2.45, 2.75) is 32.7 Å². The van der Waals surface area contributed by atoms with Crippen LogP contribution in [0.25, 0.3) is 9.88 Å². The van der Waals surface area contributed by atoms with Gasteiger partial charge in [-0.05, 0) is 31.0 Å². The number of likely N-dealkylation sites (N-methyl/N-ethyl adjacent to an activating group) is 1. The number of thiazole rings is 1. The van der Waals surface area contributed by atoms with Crippen molar-refractivity contribution in [1.82, 2.24) is 14.8 Å². The fraction of sp³-hybridized carbons (Fsp3) is 0.579. The molecule has 0 saturated carbocycles. The summed E-state index contributed by atoms with van der Waals surface area (Å²) in [6.45, 7) is 7.33. The molecule has 1 atom stereocenters. The second kappa shape index (κ2) is 9.47. The maximum absolute atomic E-state index is 13.1. The minimum atomic E-state index is -3.04. The molecule has 1 unspecified atom stereocenters. The molecule has 1 saturated heterocycles. The van der Waals surface area contributed by atoms with E-state index in [4.69, 9.17) is 0 Å². The Hall–Kier alpha value is -1.29. The molecule has 1 aliphatic heterocycles. The van der Waals surface area contributed by atoms with Crippen molar-refractivity contribution < 1.29 is 13.2 Å². The first-order chi connectivity index (χ1) is 13.4. The van der Waals surface area contributed by atoms with Crippen molar-refractivity contribution in [2.75, 3.05) is 37.7 Å². The summed E-state index contributed by atoms with van der Waals surface area (Å²) in [5.74, 6) is 0.220. The normalized spacial score (nSPS) is 18.6. The van der Waals surface area contributed by atoms with Crippen molar-refractivity contribution in [3.8, 4) is 9.88 Å². The molecule has 6 nitrogen and oxygen atoms in total. The van der Waals surface area contributed by atoms with Gasteiger partial charge in [-0.2, -0.15) is 0 Å². The van der Waals surface area contributed by atoms with E-state index in [9.17, 15) is 13.2 Å². The zero-order valence-electron chi connectivity index (χ0n) is 16.3. The van der Waals surface area contributed by atoms with Gasteiger partial charge in [0.05, 0.1) is 28.5 Å². The molecule has 1 amide bonds. The Labute approximate surface area is 175 Å². The number of hydrogen-bond acceptors (Lipinski definition) is 7. The summed E-state index contributed by atoms with van der Waals surface area (Å²) < 4.78 is 23.9. The summed E-state index contributed by atoms with van der Waals surface area (Å²) in [4.78, 5) is 22.8. The van der Waals surface area contributed by atoms with Gasteiger partial charge < -0.3 is 9.80 Å². The van der Waals surface area contributed by atoms with E-state index in [2.05, 4.69) is 23.7 Å². The third-order valence-electron chi connectivity index (χ3n) is 5.14. The number of amides is 1. The standard InChI is InChI=1S/C19H27N3O3S3/c1-3-21(4-2)8-9-22(16-7-11-28(24,25)14-16)18(23)12-15-13-27-19(20-15)17-6-5-10-26-17/h5-6,10,13,16H,3-4,7-9,11-12,14H2,1-2H3. The van der Waals surface area contributed by atoms with Crippen LogP contribution in [0, 0.1) is 0 Å². The lowest BCUT2D eigenvalue weighted by Gasteiger charge is -2.30. The van der Waals surface area contributed by atoms with Gasteiger partial charge in [0.2, 0.25) is 5.91 Å². The van der Waals surface area contributed by atoms with Crippen LogP contribution in [0.15, 0.2) is 22.9 Å². The third kappa shape index (κ3) is 5.40. The summed E-state index contributed by atoms with van der Waals surface area (Å²) in [5.41, 5.74) is 0.757. The highest BCUT2D eigenvalue weighted by Crippen LogP contribution is 2.28. The number of nitrogens with zero attached hydrogens (tertiary/aromatic N) is 3. The van der Waals surface area contributed by atoms with E-state index in [0.29, 0.717) is 13.0 Å². The molecule has 2 aromatic rings. The molecular formula is C19H27N3O3S3. The van der Waals surface area contributed by atoms with E-state index in [1.165, 1.54) is 0 Å². The first-order valence-electron chi connectivity index (χ1n) is 9.62. The Bertz CT molecular complexity index is 873. The number of sulfone groups is 1. The predicted molar refractivity (Wildman–Crippen MR) is 116 cm³/mol. The smallest absolute Gasteiger partial charge is 0.228 e. The number of rotatable bonds is 9. The Kier molecular flexibility index (Phi) is 7.25. The predicted octanol–water partition coefficient (Wildman–Crippen LogP) is 2.77. The minimum absolute atomic E-state index is 0.0303. The molecule has 3 heterocycles. The van der Waals surface area contributed by atoms with Crippen LogP contribution in [-0.2, 0) is 21.1 Å². The molecule has 28 heavy (non-hydrogen) atoms. The van der Waals surface area contributed by atoms with Crippen molar-refractivity contribution in [3.05, 3.63) is 28.6 Å². The van der Waals surface area contributed by atoms with Gasteiger partial charge in [-0.3, -0.25) is 4.79 Å². The molecule has 2 aromatic heterocycles. The second-order valence-electron chi connectivity index (χ2n) is 6.97. The highest BCUT2D eigenvalue weighted by atomic mass is 32.2.